The second kappa shape index (κ2) is 11.6. The van der Waals surface area contributed by atoms with Crippen LogP contribution in [0.2, 0.25) is 0 Å². The predicted octanol–water partition coefficient (Wildman–Crippen LogP) is 5.75. The van der Waals surface area contributed by atoms with Gasteiger partial charge in [-0.3, -0.25) is 4.79 Å². The number of hydrogen-bond donors (Lipinski definition) is 1. The predicted molar refractivity (Wildman–Crippen MR) is 123 cm³/mol. The van der Waals surface area contributed by atoms with Gasteiger partial charge in [-0.05, 0) is 56.5 Å². The number of anilines is 1. The second-order valence-corrected chi connectivity index (χ2v) is 6.91. The number of carbonyl (C=O) groups excluding carboxylic acids is 1. The standard InChI is InChI=1S/C26H29NO4/c1-3-29-21-16-17-22(25(19-21)30-4-2)26(28)27-23-14-8-9-15-24(23)31-18-10-13-20-11-6-5-7-12-20/h5-9,11-12,14-17,19H,3-4,10,13,18H2,1-2H3,(H,27,28). The topological polar surface area (TPSA) is 56.8 Å². The maximum Gasteiger partial charge on any atom is 0.259 e. The Hall–Kier alpha value is -3.47. The summed E-state index contributed by atoms with van der Waals surface area (Å²) in [6.45, 7) is 5.36. The van der Waals surface area contributed by atoms with Crippen molar-refractivity contribution in [3.63, 3.8) is 0 Å². The minimum Gasteiger partial charge on any atom is -0.494 e. The molecule has 1 amide bonds. The van der Waals surface area contributed by atoms with E-state index in [0.717, 1.165) is 12.8 Å². The summed E-state index contributed by atoms with van der Waals surface area (Å²) in [6.07, 6.45) is 1.83. The van der Waals surface area contributed by atoms with Crippen LogP contribution in [0, 0.1) is 0 Å². The molecule has 5 nitrogen and oxygen atoms in total. The van der Waals surface area contributed by atoms with Gasteiger partial charge in [0.25, 0.3) is 5.91 Å². The zero-order chi connectivity index (χ0) is 21.9. The molecule has 0 aliphatic carbocycles. The number of amides is 1. The molecule has 0 saturated carbocycles. The molecule has 162 valence electrons. The van der Waals surface area contributed by atoms with Crippen LogP contribution in [0.4, 0.5) is 5.69 Å². The Morgan fingerprint density at radius 2 is 1.55 bits per heavy atom. The van der Waals surface area contributed by atoms with E-state index in [2.05, 4.69) is 17.4 Å². The maximum atomic E-state index is 13.0. The summed E-state index contributed by atoms with van der Waals surface area (Å²) in [5.74, 6) is 1.55. The first kappa shape index (κ1) is 22.2. The van der Waals surface area contributed by atoms with Gasteiger partial charge in [-0.2, -0.15) is 0 Å². The van der Waals surface area contributed by atoms with E-state index >= 15 is 0 Å². The van der Waals surface area contributed by atoms with Crippen LogP contribution in [0.25, 0.3) is 0 Å². The van der Waals surface area contributed by atoms with Gasteiger partial charge >= 0.3 is 0 Å². The lowest BCUT2D eigenvalue weighted by Gasteiger charge is -2.15. The van der Waals surface area contributed by atoms with Crippen molar-refractivity contribution in [2.75, 3.05) is 25.1 Å². The summed E-state index contributed by atoms with van der Waals surface area (Å²) < 4.78 is 17.1. The van der Waals surface area contributed by atoms with Gasteiger partial charge in [0.2, 0.25) is 0 Å². The summed E-state index contributed by atoms with van der Waals surface area (Å²) in [7, 11) is 0. The second-order valence-electron chi connectivity index (χ2n) is 6.91. The maximum absolute atomic E-state index is 13.0. The van der Waals surface area contributed by atoms with Crippen LogP contribution >= 0.6 is 0 Å². The van der Waals surface area contributed by atoms with Gasteiger partial charge in [-0.15, -0.1) is 0 Å². The molecule has 5 heteroatoms. The van der Waals surface area contributed by atoms with Gasteiger partial charge in [0, 0.05) is 6.07 Å². The van der Waals surface area contributed by atoms with E-state index in [0.29, 0.717) is 48.3 Å². The quantitative estimate of drug-likeness (QED) is 0.402. The van der Waals surface area contributed by atoms with Crippen LogP contribution in [0.1, 0.15) is 36.2 Å². The first-order valence-electron chi connectivity index (χ1n) is 10.7. The Morgan fingerprint density at radius 3 is 2.32 bits per heavy atom. The van der Waals surface area contributed by atoms with E-state index in [-0.39, 0.29) is 5.91 Å². The molecule has 0 aliphatic heterocycles. The summed E-state index contributed by atoms with van der Waals surface area (Å²) in [5, 5.41) is 2.95. The molecule has 0 spiro atoms. The molecule has 0 heterocycles. The first-order chi connectivity index (χ1) is 15.2. The van der Waals surface area contributed by atoms with Crippen molar-refractivity contribution in [1.82, 2.24) is 0 Å². The smallest absolute Gasteiger partial charge is 0.259 e. The Bertz CT molecular complexity index is 972. The largest absolute Gasteiger partial charge is 0.494 e. The van der Waals surface area contributed by atoms with Gasteiger partial charge in [-0.1, -0.05) is 42.5 Å². The molecule has 0 unspecified atom stereocenters. The van der Waals surface area contributed by atoms with E-state index in [1.165, 1.54) is 5.56 Å². The van der Waals surface area contributed by atoms with E-state index in [4.69, 9.17) is 14.2 Å². The highest BCUT2D eigenvalue weighted by Gasteiger charge is 2.16. The third-order valence-electron chi connectivity index (χ3n) is 4.65. The SMILES string of the molecule is CCOc1ccc(C(=O)Nc2ccccc2OCCCc2ccccc2)c(OCC)c1. The Morgan fingerprint density at radius 1 is 0.806 bits per heavy atom. The summed E-state index contributed by atoms with van der Waals surface area (Å²) in [5.41, 5.74) is 2.36. The van der Waals surface area contributed by atoms with Crippen molar-refractivity contribution in [3.05, 3.63) is 83.9 Å². The number of hydrogen-bond acceptors (Lipinski definition) is 4. The molecule has 3 aromatic rings. The highest BCUT2D eigenvalue weighted by molar-refractivity contribution is 6.07. The zero-order valence-corrected chi connectivity index (χ0v) is 18.1. The molecule has 0 radical (unpaired) electrons. The summed E-state index contributed by atoms with van der Waals surface area (Å²) in [4.78, 5) is 13.0. The molecule has 0 saturated heterocycles. The molecule has 0 bridgehead atoms. The molecule has 1 N–H and O–H groups in total. The van der Waals surface area contributed by atoms with Gasteiger partial charge in [0.05, 0.1) is 31.1 Å². The fourth-order valence-corrected chi connectivity index (χ4v) is 3.21. The number of ether oxygens (including phenoxy) is 3. The lowest BCUT2D eigenvalue weighted by Crippen LogP contribution is -2.15. The van der Waals surface area contributed by atoms with Crippen LogP contribution in [-0.2, 0) is 6.42 Å². The van der Waals surface area contributed by atoms with Crippen LogP contribution in [0.3, 0.4) is 0 Å². The molecule has 3 rings (SSSR count). The molecule has 31 heavy (non-hydrogen) atoms. The van der Waals surface area contributed by atoms with Crippen molar-refractivity contribution >= 4 is 11.6 Å². The van der Waals surface area contributed by atoms with E-state index in [1.54, 1.807) is 18.2 Å². The highest BCUT2D eigenvalue weighted by Crippen LogP contribution is 2.29. The van der Waals surface area contributed by atoms with Crippen LogP contribution in [0.15, 0.2) is 72.8 Å². The normalized spacial score (nSPS) is 10.4. The molecule has 3 aromatic carbocycles. The Kier molecular flexibility index (Phi) is 8.35. The Labute approximate surface area is 184 Å². The number of carbonyl (C=O) groups is 1. The number of aryl methyl sites for hydroxylation is 1. The number of benzene rings is 3. The first-order valence-corrected chi connectivity index (χ1v) is 10.7. The average molecular weight is 420 g/mol. The van der Waals surface area contributed by atoms with E-state index in [1.807, 2.05) is 56.3 Å². The van der Waals surface area contributed by atoms with Gasteiger partial charge in [0.1, 0.15) is 17.2 Å². The van der Waals surface area contributed by atoms with Gasteiger partial charge in [0.15, 0.2) is 0 Å². The molecular weight excluding hydrogens is 390 g/mol. The number of nitrogens with one attached hydrogen (secondary N) is 1. The fourth-order valence-electron chi connectivity index (χ4n) is 3.21. The lowest BCUT2D eigenvalue weighted by atomic mass is 10.1. The monoisotopic (exact) mass is 419 g/mol. The van der Waals surface area contributed by atoms with Gasteiger partial charge < -0.3 is 19.5 Å². The molecule has 0 aromatic heterocycles. The summed E-state index contributed by atoms with van der Waals surface area (Å²) >= 11 is 0. The van der Waals surface area contributed by atoms with Crippen LogP contribution < -0.4 is 19.5 Å². The highest BCUT2D eigenvalue weighted by atomic mass is 16.5. The molecular formula is C26H29NO4. The minimum absolute atomic E-state index is 0.258. The third kappa shape index (κ3) is 6.51. The van der Waals surface area contributed by atoms with E-state index < -0.39 is 0 Å². The number of rotatable bonds is 11. The molecule has 0 aliphatic rings. The van der Waals surface area contributed by atoms with Crippen molar-refractivity contribution < 1.29 is 19.0 Å². The lowest BCUT2D eigenvalue weighted by molar-refractivity contribution is 0.102. The Balaban J connectivity index is 1.65. The van der Waals surface area contributed by atoms with Gasteiger partial charge in [-0.25, -0.2) is 0 Å². The third-order valence-corrected chi connectivity index (χ3v) is 4.65. The van der Waals surface area contributed by atoms with Crippen molar-refractivity contribution in [2.45, 2.75) is 26.7 Å². The summed E-state index contributed by atoms with van der Waals surface area (Å²) in [6, 6.07) is 23.0. The van der Waals surface area contributed by atoms with Crippen molar-refractivity contribution in [2.24, 2.45) is 0 Å². The van der Waals surface area contributed by atoms with Crippen LogP contribution in [0.5, 0.6) is 17.2 Å². The van der Waals surface area contributed by atoms with Crippen molar-refractivity contribution in [3.8, 4) is 17.2 Å². The zero-order valence-electron chi connectivity index (χ0n) is 18.1. The molecule has 0 fully saturated rings. The number of para-hydroxylation sites is 2. The fraction of sp³-hybridized carbons (Fsp3) is 0.269. The molecule has 0 atom stereocenters. The van der Waals surface area contributed by atoms with E-state index in [9.17, 15) is 4.79 Å². The minimum atomic E-state index is -0.258. The van der Waals surface area contributed by atoms with Crippen molar-refractivity contribution in [1.29, 1.82) is 0 Å². The average Bonchev–Trinajstić information content (AvgIpc) is 2.79. The van der Waals surface area contributed by atoms with Crippen LogP contribution in [-0.4, -0.2) is 25.7 Å².